The van der Waals surface area contributed by atoms with Crippen molar-refractivity contribution in [2.45, 2.75) is 69.2 Å². The lowest BCUT2D eigenvalue weighted by Crippen LogP contribution is -2.87. The second-order valence-electron chi connectivity index (χ2n) is 8.32. The van der Waals surface area contributed by atoms with Gasteiger partial charge in [0.25, 0.3) is 5.78 Å². The van der Waals surface area contributed by atoms with Crippen LogP contribution in [-0.4, -0.2) is 90.8 Å². The van der Waals surface area contributed by atoms with Gasteiger partial charge in [0, 0.05) is 6.08 Å². The predicted molar refractivity (Wildman–Crippen MR) is 117 cm³/mol. The Kier molecular flexibility index (Phi) is 8.34. The molecule has 0 amide bonds. The SMILES string of the molecule is CC(=O)C(O)[C@H]1O[C@@H](OC(=CC(=O)C(F)(F)F)c2cccs2)[C@@](O)(C(C)=O)[C@](O)(C(C)=O)[C@]1(O)C(C)=O. The fraction of sp³-hybridized carbons (Fsp3) is 0.500. The maximum Gasteiger partial charge on any atom is 0.454 e. The molecular weight excluding hydrogens is 529 g/mol. The van der Waals surface area contributed by atoms with E-state index in [1.54, 1.807) is 0 Å². The third-order valence-electron chi connectivity index (χ3n) is 5.95. The minimum atomic E-state index is -5.39. The summed E-state index contributed by atoms with van der Waals surface area (Å²) in [4.78, 5) is 61.4. The Morgan fingerprint density at radius 2 is 1.57 bits per heavy atom. The molecule has 1 aliphatic rings. The average Bonchev–Trinajstić information content (AvgIpc) is 3.31. The van der Waals surface area contributed by atoms with Crippen LogP contribution in [0.5, 0.6) is 0 Å². The molecule has 0 aliphatic carbocycles. The predicted octanol–water partition coefficient (Wildman–Crippen LogP) is -0.128. The lowest BCUT2D eigenvalue weighted by atomic mass is 9.60. The summed E-state index contributed by atoms with van der Waals surface area (Å²) in [5, 5.41) is 45.8. The topological polar surface area (TPSA) is 185 Å². The zero-order valence-corrected chi connectivity index (χ0v) is 20.5. The number of alkyl halides is 3. The number of halogens is 3. The van der Waals surface area contributed by atoms with Crippen molar-refractivity contribution in [2.24, 2.45) is 0 Å². The van der Waals surface area contributed by atoms with Crippen molar-refractivity contribution < 1.29 is 67.0 Å². The number of allylic oxidation sites excluding steroid dienone is 1. The number of carbonyl (C=O) groups excluding carboxylic acids is 5. The van der Waals surface area contributed by atoms with Gasteiger partial charge in [-0.2, -0.15) is 13.2 Å². The van der Waals surface area contributed by atoms with Gasteiger partial charge >= 0.3 is 6.18 Å². The number of thiophene rings is 1. The molecule has 204 valence electrons. The van der Waals surface area contributed by atoms with Gasteiger partial charge in [0.1, 0.15) is 18.0 Å². The Hall–Kier alpha value is -2.82. The van der Waals surface area contributed by atoms with Crippen LogP contribution in [-0.2, 0) is 33.4 Å². The number of carbonyl (C=O) groups is 5. The number of ether oxygens (including phenoxy) is 2. The van der Waals surface area contributed by atoms with Crippen molar-refractivity contribution in [1.29, 1.82) is 0 Å². The van der Waals surface area contributed by atoms with Crippen LogP contribution in [0.25, 0.3) is 5.76 Å². The number of aliphatic hydroxyl groups is 4. The van der Waals surface area contributed by atoms with E-state index in [0.717, 1.165) is 18.3 Å². The number of aliphatic hydroxyl groups excluding tert-OH is 1. The van der Waals surface area contributed by atoms with Crippen molar-refractivity contribution in [3.8, 4) is 0 Å². The van der Waals surface area contributed by atoms with E-state index >= 15 is 0 Å². The van der Waals surface area contributed by atoms with E-state index in [4.69, 9.17) is 9.47 Å². The fourth-order valence-corrected chi connectivity index (χ4v) is 4.62. The normalized spacial score (nSPS) is 31.4. The lowest BCUT2D eigenvalue weighted by Gasteiger charge is -2.57. The molecular formula is C22H23F3O11S. The molecule has 1 aliphatic heterocycles. The maximum absolute atomic E-state index is 13.0. The van der Waals surface area contributed by atoms with E-state index in [1.807, 2.05) is 0 Å². The van der Waals surface area contributed by atoms with E-state index in [-0.39, 0.29) is 11.0 Å². The summed E-state index contributed by atoms with van der Waals surface area (Å²) in [7, 11) is 0. The third kappa shape index (κ3) is 4.78. The van der Waals surface area contributed by atoms with Crippen LogP contribution in [0, 0.1) is 0 Å². The number of hydrogen-bond acceptors (Lipinski definition) is 12. The van der Waals surface area contributed by atoms with Crippen LogP contribution < -0.4 is 0 Å². The van der Waals surface area contributed by atoms with E-state index in [2.05, 4.69) is 0 Å². The Morgan fingerprint density at radius 1 is 1.03 bits per heavy atom. The maximum atomic E-state index is 13.0. The smallest absolute Gasteiger partial charge is 0.454 e. The lowest BCUT2D eigenvalue weighted by molar-refractivity contribution is -0.362. The van der Waals surface area contributed by atoms with Crippen LogP contribution in [0.15, 0.2) is 23.6 Å². The number of Topliss-reactive ketones (excluding diaryl/α,β-unsaturated/α-hetero) is 4. The van der Waals surface area contributed by atoms with E-state index in [1.165, 1.54) is 17.5 Å². The molecule has 15 heteroatoms. The van der Waals surface area contributed by atoms with Crippen LogP contribution in [0.4, 0.5) is 13.2 Å². The van der Waals surface area contributed by atoms with E-state index in [9.17, 15) is 57.6 Å². The minimum absolute atomic E-state index is 0.0647. The van der Waals surface area contributed by atoms with Gasteiger partial charge in [-0.1, -0.05) is 6.07 Å². The van der Waals surface area contributed by atoms with Crippen LogP contribution >= 0.6 is 11.3 Å². The van der Waals surface area contributed by atoms with Gasteiger partial charge in [0.2, 0.25) is 17.5 Å². The molecule has 37 heavy (non-hydrogen) atoms. The summed E-state index contributed by atoms with van der Waals surface area (Å²) < 4.78 is 49.4. The second kappa shape index (κ2) is 10.2. The Bertz CT molecular complexity index is 1150. The first-order chi connectivity index (χ1) is 16.8. The van der Waals surface area contributed by atoms with Crippen LogP contribution in [0.3, 0.4) is 0 Å². The molecule has 4 N–H and O–H groups in total. The Morgan fingerprint density at radius 3 is 1.95 bits per heavy atom. The van der Waals surface area contributed by atoms with Gasteiger partial charge in [0.15, 0.2) is 28.7 Å². The van der Waals surface area contributed by atoms with Gasteiger partial charge in [-0.25, -0.2) is 0 Å². The molecule has 0 radical (unpaired) electrons. The molecule has 1 aromatic rings. The Balaban J connectivity index is 2.88. The summed E-state index contributed by atoms with van der Waals surface area (Å²) in [6.07, 6.45) is -13.3. The standard InChI is InChI=1S/C22H23F3O11S/c1-9(26)16(31)17-19(32,10(2)27)21(34,12(4)29)20(33,11(3)28)18(36-17)35-13(14-6-5-7-37-14)8-15(30)22(23,24)25/h5-8,16-18,31-34H,1-4H3/t16?,17-,18-,19+,20+,21+/m1/s1. The first-order valence-electron chi connectivity index (χ1n) is 10.3. The number of rotatable bonds is 9. The summed E-state index contributed by atoms with van der Waals surface area (Å²) in [6, 6.07) is 2.50. The molecule has 0 aromatic carbocycles. The third-order valence-corrected chi connectivity index (χ3v) is 6.84. The average molecular weight is 552 g/mol. The van der Waals surface area contributed by atoms with E-state index < -0.39 is 76.2 Å². The van der Waals surface area contributed by atoms with Gasteiger partial charge in [0.05, 0.1) is 4.88 Å². The minimum Gasteiger partial charge on any atom is -0.459 e. The monoisotopic (exact) mass is 552 g/mol. The number of hydrogen-bond donors (Lipinski definition) is 4. The molecule has 1 saturated heterocycles. The first kappa shape index (κ1) is 30.4. The van der Waals surface area contributed by atoms with E-state index in [0.29, 0.717) is 20.8 Å². The summed E-state index contributed by atoms with van der Waals surface area (Å²) in [5.74, 6) is -9.32. The van der Waals surface area contributed by atoms with Crippen LogP contribution in [0.1, 0.15) is 32.6 Å². The molecule has 6 atom stereocenters. The molecule has 0 saturated carbocycles. The summed E-state index contributed by atoms with van der Waals surface area (Å²) in [6.45, 7) is 2.48. The highest BCUT2D eigenvalue weighted by Crippen LogP contribution is 2.49. The fourth-order valence-electron chi connectivity index (χ4n) is 3.94. The molecule has 1 aromatic heterocycles. The van der Waals surface area contributed by atoms with Crippen LogP contribution in [0.2, 0.25) is 0 Å². The van der Waals surface area contributed by atoms with Crippen molar-refractivity contribution in [3.05, 3.63) is 28.5 Å². The van der Waals surface area contributed by atoms with Crippen molar-refractivity contribution in [3.63, 3.8) is 0 Å². The van der Waals surface area contributed by atoms with Crippen molar-refractivity contribution in [2.75, 3.05) is 0 Å². The molecule has 11 nitrogen and oxygen atoms in total. The zero-order valence-electron chi connectivity index (χ0n) is 19.7. The molecule has 0 bridgehead atoms. The molecule has 1 fully saturated rings. The quantitative estimate of drug-likeness (QED) is 0.236. The van der Waals surface area contributed by atoms with Crippen molar-refractivity contribution >= 4 is 46.0 Å². The molecule has 1 unspecified atom stereocenters. The highest BCUT2D eigenvalue weighted by atomic mass is 32.1. The van der Waals surface area contributed by atoms with Crippen molar-refractivity contribution in [1.82, 2.24) is 0 Å². The zero-order chi connectivity index (χ0) is 28.7. The van der Waals surface area contributed by atoms with Gasteiger partial charge < -0.3 is 29.9 Å². The second-order valence-corrected chi connectivity index (χ2v) is 9.27. The highest BCUT2D eigenvalue weighted by molar-refractivity contribution is 7.11. The molecule has 0 spiro atoms. The van der Waals surface area contributed by atoms with Gasteiger partial charge in [-0.05, 0) is 39.1 Å². The summed E-state index contributed by atoms with van der Waals surface area (Å²) >= 11 is 0.732. The number of ketones is 5. The summed E-state index contributed by atoms with van der Waals surface area (Å²) in [5.41, 5.74) is -11.2. The molecule has 2 heterocycles. The van der Waals surface area contributed by atoms with Gasteiger partial charge in [-0.3, -0.25) is 24.0 Å². The van der Waals surface area contributed by atoms with Gasteiger partial charge in [-0.15, -0.1) is 11.3 Å². The Labute approximate surface area is 211 Å². The highest BCUT2D eigenvalue weighted by Gasteiger charge is 2.80. The molecule has 2 rings (SSSR count). The first-order valence-corrected chi connectivity index (χ1v) is 11.2. The largest absolute Gasteiger partial charge is 0.459 e.